The minimum atomic E-state index is 0.865. The monoisotopic (exact) mass is 183 g/mol. The summed E-state index contributed by atoms with van der Waals surface area (Å²) >= 11 is 0. The van der Waals surface area contributed by atoms with E-state index in [9.17, 15) is 0 Å². The predicted octanol–water partition coefficient (Wildman–Crippen LogP) is 1.32. The van der Waals surface area contributed by atoms with Crippen molar-refractivity contribution in [2.45, 2.75) is 6.92 Å². The highest BCUT2D eigenvalue weighted by Crippen LogP contribution is 2.13. The quantitative estimate of drug-likeness (QED) is 0.526. The molecule has 1 aromatic carbocycles. The Morgan fingerprint density at radius 2 is 2.07 bits per heavy atom. The van der Waals surface area contributed by atoms with Gasteiger partial charge in [0.25, 0.3) is 0 Å². The van der Waals surface area contributed by atoms with Crippen LogP contribution >= 0.6 is 0 Å². The smallest absolute Gasteiger partial charge is 0.163 e. The lowest BCUT2D eigenvalue weighted by Crippen LogP contribution is -1.98. The van der Waals surface area contributed by atoms with E-state index in [-0.39, 0.29) is 0 Å². The zero-order valence-corrected chi connectivity index (χ0v) is 7.86. The SMILES string of the molecule is C=c1c(C)nn2c1nc1ccccc12. The fourth-order valence-electron chi connectivity index (χ4n) is 1.68. The number of aromatic nitrogens is 3. The van der Waals surface area contributed by atoms with Crippen LogP contribution in [0, 0.1) is 6.92 Å². The van der Waals surface area contributed by atoms with Crippen LogP contribution in [0.2, 0.25) is 0 Å². The van der Waals surface area contributed by atoms with Crippen molar-refractivity contribution in [2.75, 3.05) is 0 Å². The van der Waals surface area contributed by atoms with E-state index in [2.05, 4.69) is 16.7 Å². The molecule has 0 unspecified atom stereocenters. The number of para-hydroxylation sites is 2. The van der Waals surface area contributed by atoms with Crippen LogP contribution in [-0.2, 0) is 0 Å². The van der Waals surface area contributed by atoms with Crippen LogP contribution in [0.3, 0.4) is 0 Å². The van der Waals surface area contributed by atoms with Gasteiger partial charge in [-0.25, -0.2) is 9.50 Å². The number of nitrogens with zero attached hydrogens (tertiary/aromatic N) is 3. The Morgan fingerprint density at radius 3 is 2.93 bits per heavy atom. The second-order valence-electron chi connectivity index (χ2n) is 3.40. The lowest BCUT2D eigenvalue weighted by Gasteiger charge is -1.86. The van der Waals surface area contributed by atoms with E-state index in [1.165, 1.54) is 0 Å². The molecule has 3 rings (SSSR count). The van der Waals surface area contributed by atoms with Gasteiger partial charge in [0.05, 0.1) is 16.7 Å². The Kier molecular flexibility index (Phi) is 1.24. The molecule has 3 nitrogen and oxygen atoms in total. The van der Waals surface area contributed by atoms with Crippen LogP contribution in [0.25, 0.3) is 23.3 Å². The zero-order valence-electron chi connectivity index (χ0n) is 7.86. The van der Waals surface area contributed by atoms with Crippen molar-refractivity contribution in [3.8, 4) is 0 Å². The normalized spacial score (nSPS) is 11.5. The van der Waals surface area contributed by atoms with Crippen molar-refractivity contribution in [1.29, 1.82) is 0 Å². The van der Waals surface area contributed by atoms with Crippen LogP contribution in [0.1, 0.15) is 5.69 Å². The average molecular weight is 183 g/mol. The highest BCUT2D eigenvalue weighted by atomic mass is 15.3. The van der Waals surface area contributed by atoms with E-state index >= 15 is 0 Å². The van der Waals surface area contributed by atoms with Crippen molar-refractivity contribution in [3.63, 3.8) is 0 Å². The summed E-state index contributed by atoms with van der Waals surface area (Å²) in [5.74, 6) is 0. The third-order valence-corrected chi connectivity index (χ3v) is 2.49. The number of aryl methyl sites for hydroxylation is 1. The fourth-order valence-corrected chi connectivity index (χ4v) is 1.68. The Hall–Kier alpha value is -1.90. The molecular formula is C11H9N3. The topological polar surface area (TPSA) is 30.2 Å². The van der Waals surface area contributed by atoms with Gasteiger partial charge in [0.1, 0.15) is 0 Å². The number of rotatable bonds is 0. The average Bonchev–Trinajstić information content (AvgIpc) is 2.67. The molecule has 3 heteroatoms. The van der Waals surface area contributed by atoms with Crippen molar-refractivity contribution in [1.82, 2.24) is 14.6 Å². The Bertz CT molecular complexity index is 667. The molecule has 0 saturated carbocycles. The molecule has 0 amide bonds. The molecule has 0 aliphatic heterocycles. The third kappa shape index (κ3) is 0.763. The lowest BCUT2D eigenvalue weighted by molar-refractivity contribution is 0.974. The van der Waals surface area contributed by atoms with Crippen LogP contribution in [0.5, 0.6) is 0 Å². The van der Waals surface area contributed by atoms with Crippen molar-refractivity contribution >= 4 is 23.3 Å². The zero-order chi connectivity index (χ0) is 9.71. The van der Waals surface area contributed by atoms with Crippen LogP contribution in [0.15, 0.2) is 24.3 Å². The molecule has 2 aromatic heterocycles. The van der Waals surface area contributed by atoms with Crippen LogP contribution < -0.4 is 5.22 Å². The molecule has 68 valence electrons. The third-order valence-electron chi connectivity index (χ3n) is 2.49. The van der Waals surface area contributed by atoms with Gasteiger partial charge in [-0.15, -0.1) is 0 Å². The van der Waals surface area contributed by atoms with E-state index in [0.717, 1.165) is 27.6 Å². The van der Waals surface area contributed by atoms with Gasteiger partial charge in [-0.2, -0.15) is 5.10 Å². The first-order chi connectivity index (χ1) is 6.77. The summed E-state index contributed by atoms with van der Waals surface area (Å²) in [5.41, 5.74) is 3.82. The molecule has 0 fully saturated rings. The first-order valence-electron chi connectivity index (χ1n) is 4.50. The van der Waals surface area contributed by atoms with Crippen LogP contribution in [-0.4, -0.2) is 14.6 Å². The van der Waals surface area contributed by atoms with Crippen molar-refractivity contribution in [2.24, 2.45) is 0 Å². The van der Waals surface area contributed by atoms with Gasteiger partial charge in [0, 0.05) is 5.22 Å². The van der Waals surface area contributed by atoms with E-state index < -0.39 is 0 Å². The van der Waals surface area contributed by atoms with E-state index in [4.69, 9.17) is 0 Å². The lowest BCUT2D eigenvalue weighted by atomic mass is 10.3. The first kappa shape index (κ1) is 7.50. The number of hydrogen-bond acceptors (Lipinski definition) is 2. The Morgan fingerprint density at radius 1 is 1.29 bits per heavy atom. The second-order valence-corrected chi connectivity index (χ2v) is 3.40. The molecule has 0 atom stereocenters. The molecule has 0 aliphatic carbocycles. The molecule has 0 radical (unpaired) electrons. The number of hydrogen-bond donors (Lipinski definition) is 0. The molecule has 0 saturated heterocycles. The summed E-state index contributed by atoms with van der Waals surface area (Å²) in [4.78, 5) is 4.47. The standard InChI is InChI=1S/C11H9N3/c1-7-8(2)13-14-10-6-4-3-5-9(10)12-11(7)14/h3-6H,1H2,2H3. The number of benzene rings is 1. The summed E-state index contributed by atoms with van der Waals surface area (Å²) in [6.45, 7) is 5.91. The maximum atomic E-state index is 4.47. The summed E-state index contributed by atoms with van der Waals surface area (Å²) < 4.78 is 1.85. The number of imidazole rings is 1. The molecule has 0 aliphatic rings. The molecule has 3 aromatic rings. The predicted molar refractivity (Wildman–Crippen MR) is 56.0 cm³/mol. The second kappa shape index (κ2) is 2.32. The maximum Gasteiger partial charge on any atom is 0.163 e. The molecule has 0 bridgehead atoms. The highest BCUT2D eigenvalue weighted by molar-refractivity contribution is 5.80. The summed E-state index contributed by atoms with van der Waals surface area (Å²) in [7, 11) is 0. The van der Waals surface area contributed by atoms with Gasteiger partial charge in [-0.05, 0) is 19.1 Å². The van der Waals surface area contributed by atoms with E-state index in [1.807, 2.05) is 35.7 Å². The fraction of sp³-hybridized carbons (Fsp3) is 0.0909. The van der Waals surface area contributed by atoms with Crippen LogP contribution in [0.4, 0.5) is 0 Å². The molecule has 2 heterocycles. The molecule has 0 N–H and O–H groups in total. The maximum absolute atomic E-state index is 4.47. The van der Waals surface area contributed by atoms with Crippen molar-refractivity contribution < 1.29 is 0 Å². The molecule has 14 heavy (non-hydrogen) atoms. The van der Waals surface area contributed by atoms with Gasteiger partial charge in [0.15, 0.2) is 5.65 Å². The highest BCUT2D eigenvalue weighted by Gasteiger charge is 2.07. The van der Waals surface area contributed by atoms with Crippen molar-refractivity contribution in [3.05, 3.63) is 35.2 Å². The summed E-state index contributed by atoms with van der Waals surface area (Å²) in [6.07, 6.45) is 0. The summed E-state index contributed by atoms with van der Waals surface area (Å²) in [5, 5.41) is 5.31. The number of fused-ring (bicyclic) bond motifs is 3. The van der Waals surface area contributed by atoms with E-state index in [1.54, 1.807) is 0 Å². The Labute approximate surface area is 80.7 Å². The van der Waals surface area contributed by atoms with Gasteiger partial charge in [-0.3, -0.25) is 0 Å². The van der Waals surface area contributed by atoms with Gasteiger partial charge in [0.2, 0.25) is 0 Å². The molecular weight excluding hydrogens is 174 g/mol. The first-order valence-corrected chi connectivity index (χ1v) is 4.50. The Balaban J connectivity index is 2.67. The van der Waals surface area contributed by atoms with Gasteiger partial charge in [-0.1, -0.05) is 18.7 Å². The minimum Gasteiger partial charge on any atom is -0.226 e. The largest absolute Gasteiger partial charge is 0.226 e. The van der Waals surface area contributed by atoms with E-state index in [0.29, 0.717) is 0 Å². The van der Waals surface area contributed by atoms with Gasteiger partial charge >= 0.3 is 0 Å². The minimum absolute atomic E-state index is 0.865. The van der Waals surface area contributed by atoms with Gasteiger partial charge < -0.3 is 0 Å². The summed E-state index contributed by atoms with van der Waals surface area (Å²) in [6, 6.07) is 7.97. The molecule has 0 spiro atoms.